The Hall–Kier alpha value is -3.14. The van der Waals surface area contributed by atoms with Crippen molar-refractivity contribution < 1.29 is 14.3 Å². The summed E-state index contributed by atoms with van der Waals surface area (Å²) < 4.78 is 12.0. The highest BCUT2D eigenvalue weighted by Gasteiger charge is 2.21. The number of aromatic nitrogens is 1. The maximum Gasteiger partial charge on any atom is 0.357 e. The first-order valence-electron chi connectivity index (χ1n) is 7.66. The van der Waals surface area contributed by atoms with Crippen molar-refractivity contribution in [1.29, 1.82) is 5.26 Å². The van der Waals surface area contributed by atoms with Crippen LogP contribution in [0.3, 0.4) is 0 Å². The number of esters is 1. The summed E-state index contributed by atoms with van der Waals surface area (Å²) in [5, 5.41) is 10.1. The fraction of sp³-hybridized carbons (Fsp3) is 0.0526. The van der Waals surface area contributed by atoms with Gasteiger partial charge in [0, 0.05) is 21.9 Å². The molecule has 3 aromatic rings. The molecule has 6 nitrogen and oxygen atoms in total. The van der Waals surface area contributed by atoms with E-state index in [0.29, 0.717) is 27.2 Å². The number of ether oxygens (including phenoxy) is 2. The van der Waals surface area contributed by atoms with Gasteiger partial charge in [-0.05, 0) is 42.5 Å². The van der Waals surface area contributed by atoms with Gasteiger partial charge in [0.15, 0.2) is 5.69 Å². The molecule has 1 aromatic heterocycles. The van der Waals surface area contributed by atoms with Gasteiger partial charge in [-0.1, -0.05) is 23.2 Å². The molecule has 0 spiro atoms. The molecule has 2 aromatic carbocycles. The molecular formula is C19H13Cl2N3O3. The first-order chi connectivity index (χ1) is 12.9. The van der Waals surface area contributed by atoms with Gasteiger partial charge < -0.3 is 19.8 Å². The van der Waals surface area contributed by atoms with Crippen LogP contribution in [0.4, 0.5) is 5.69 Å². The fourth-order valence-electron chi connectivity index (χ4n) is 2.52. The number of nitrogens with zero attached hydrogens (tertiary/aromatic N) is 2. The summed E-state index contributed by atoms with van der Waals surface area (Å²) in [6.45, 7) is 0. The van der Waals surface area contributed by atoms with Crippen LogP contribution < -0.4 is 10.5 Å². The monoisotopic (exact) mass is 401 g/mol. The van der Waals surface area contributed by atoms with Gasteiger partial charge in [-0.25, -0.2) is 4.79 Å². The Bertz CT molecular complexity index is 1030. The molecule has 1 heterocycles. The minimum atomic E-state index is -0.636. The first-order valence-corrected chi connectivity index (χ1v) is 8.42. The SMILES string of the molecule is COC(=O)c1c(N)c(C#N)cn1-c1ccc(Oc2cc(Cl)cc(Cl)c2)cc1. The van der Waals surface area contributed by atoms with Crippen molar-refractivity contribution >= 4 is 34.9 Å². The van der Waals surface area contributed by atoms with Crippen LogP contribution in [0, 0.1) is 11.3 Å². The molecule has 8 heteroatoms. The second kappa shape index (κ2) is 7.62. The number of nitriles is 1. The van der Waals surface area contributed by atoms with Crippen molar-refractivity contribution in [1.82, 2.24) is 4.57 Å². The van der Waals surface area contributed by atoms with Crippen LogP contribution in [-0.4, -0.2) is 17.6 Å². The van der Waals surface area contributed by atoms with E-state index in [1.54, 1.807) is 42.5 Å². The van der Waals surface area contributed by atoms with E-state index in [9.17, 15) is 10.1 Å². The highest BCUT2D eigenvalue weighted by Crippen LogP contribution is 2.30. The van der Waals surface area contributed by atoms with E-state index in [4.69, 9.17) is 38.4 Å². The van der Waals surface area contributed by atoms with Crippen LogP contribution in [0.2, 0.25) is 10.0 Å². The topological polar surface area (TPSA) is 90.3 Å². The molecular weight excluding hydrogens is 389 g/mol. The van der Waals surface area contributed by atoms with Crippen molar-refractivity contribution in [2.45, 2.75) is 0 Å². The molecule has 0 saturated heterocycles. The van der Waals surface area contributed by atoms with E-state index in [0.717, 1.165) is 0 Å². The maximum absolute atomic E-state index is 12.0. The third-order valence-electron chi connectivity index (χ3n) is 3.73. The van der Waals surface area contributed by atoms with Gasteiger partial charge in [0.25, 0.3) is 0 Å². The Morgan fingerprint density at radius 3 is 2.30 bits per heavy atom. The molecule has 0 unspecified atom stereocenters. The largest absolute Gasteiger partial charge is 0.464 e. The quantitative estimate of drug-likeness (QED) is 0.632. The van der Waals surface area contributed by atoms with Crippen LogP contribution in [0.1, 0.15) is 16.1 Å². The average molecular weight is 402 g/mol. The van der Waals surface area contributed by atoms with E-state index < -0.39 is 5.97 Å². The van der Waals surface area contributed by atoms with Gasteiger partial charge in [0.2, 0.25) is 0 Å². The van der Waals surface area contributed by atoms with Crippen LogP contribution in [0.15, 0.2) is 48.7 Å². The summed E-state index contributed by atoms with van der Waals surface area (Å²) >= 11 is 11.9. The van der Waals surface area contributed by atoms with Gasteiger partial charge in [0.05, 0.1) is 18.4 Å². The molecule has 0 aliphatic rings. The van der Waals surface area contributed by atoms with Gasteiger partial charge in [-0.2, -0.15) is 5.26 Å². The number of anilines is 1. The van der Waals surface area contributed by atoms with E-state index in [2.05, 4.69) is 0 Å². The van der Waals surface area contributed by atoms with Crippen LogP contribution in [0.5, 0.6) is 11.5 Å². The maximum atomic E-state index is 12.0. The number of hydrogen-bond donors (Lipinski definition) is 1. The Morgan fingerprint density at radius 2 is 1.74 bits per heavy atom. The van der Waals surface area contributed by atoms with Crippen molar-refractivity contribution in [2.75, 3.05) is 12.8 Å². The zero-order chi connectivity index (χ0) is 19.6. The summed E-state index contributed by atoms with van der Waals surface area (Å²) in [7, 11) is 1.25. The number of carbonyl (C=O) groups excluding carboxylic acids is 1. The summed E-state index contributed by atoms with van der Waals surface area (Å²) in [4.78, 5) is 12.0. The molecule has 0 aliphatic carbocycles. The number of nitrogens with two attached hydrogens (primary N) is 1. The standard InChI is InChI=1S/C19H13Cl2N3O3/c1-26-19(25)18-17(23)11(9-22)10-24(18)14-2-4-15(5-3-14)27-16-7-12(20)6-13(21)8-16/h2-8,10H,23H2,1H3. The third kappa shape index (κ3) is 3.85. The van der Waals surface area contributed by atoms with Crippen molar-refractivity contribution in [3.05, 3.63) is 70.0 Å². The second-order valence-electron chi connectivity index (χ2n) is 5.48. The van der Waals surface area contributed by atoms with Gasteiger partial charge in [0.1, 0.15) is 17.6 Å². The smallest absolute Gasteiger partial charge is 0.357 e. The lowest BCUT2D eigenvalue weighted by Gasteiger charge is -2.10. The minimum absolute atomic E-state index is 0.0678. The summed E-state index contributed by atoms with van der Waals surface area (Å²) in [6.07, 6.45) is 1.48. The molecule has 0 radical (unpaired) electrons. The normalized spacial score (nSPS) is 10.3. The highest BCUT2D eigenvalue weighted by molar-refractivity contribution is 6.34. The van der Waals surface area contributed by atoms with Crippen LogP contribution in [-0.2, 0) is 4.74 Å². The summed E-state index contributed by atoms with van der Waals surface area (Å²) in [6, 6.07) is 13.7. The lowest BCUT2D eigenvalue weighted by molar-refractivity contribution is 0.0593. The molecule has 0 aliphatic heterocycles. The Kier molecular flexibility index (Phi) is 5.26. The molecule has 27 heavy (non-hydrogen) atoms. The first kappa shape index (κ1) is 18.6. The van der Waals surface area contributed by atoms with Gasteiger partial charge in [-0.15, -0.1) is 0 Å². The Balaban J connectivity index is 1.94. The second-order valence-corrected chi connectivity index (χ2v) is 6.35. The number of hydrogen-bond acceptors (Lipinski definition) is 5. The minimum Gasteiger partial charge on any atom is -0.464 e. The molecule has 3 rings (SSSR count). The van der Waals surface area contributed by atoms with E-state index in [1.165, 1.54) is 17.9 Å². The summed E-state index contributed by atoms with van der Waals surface area (Å²) in [5.41, 5.74) is 6.85. The Morgan fingerprint density at radius 1 is 1.11 bits per heavy atom. The number of halogens is 2. The lowest BCUT2D eigenvalue weighted by Crippen LogP contribution is -2.11. The molecule has 0 atom stereocenters. The molecule has 0 amide bonds. The number of rotatable bonds is 4. The highest BCUT2D eigenvalue weighted by atomic mass is 35.5. The van der Waals surface area contributed by atoms with Crippen molar-refractivity contribution in [3.8, 4) is 23.3 Å². The predicted molar refractivity (Wildman–Crippen MR) is 103 cm³/mol. The van der Waals surface area contributed by atoms with Crippen LogP contribution in [0.25, 0.3) is 5.69 Å². The third-order valence-corrected chi connectivity index (χ3v) is 4.17. The number of nitrogen functional groups attached to an aromatic ring is 1. The fourth-order valence-corrected chi connectivity index (χ4v) is 3.02. The molecule has 0 bridgehead atoms. The van der Waals surface area contributed by atoms with Crippen molar-refractivity contribution in [2.24, 2.45) is 0 Å². The van der Waals surface area contributed by atoms with E-state index in [-0.39, 0.29) is 16.9 Å². The van der Waals surface area contributed by atoms with E-state index >= 15 is 0 Å². The van der Waals surface area contributed by atoms with Crippen molar-refractivity contribution in [3.63, 3.8) is 0 Å². The number of benzene rings is 2. The predicted octanol–water partition coefficient (Wildman–Crippen LogP) is 4.82. The van der Waals surface area contributed by atoms with E-state index in [1.807, 2.05) is 6.07 Å². The summed E-state index contributed by atoms with van der Waals surface area (Å²) in [5.74, 6) is 0.396. The number of methoxy groups -OCH3 is 1. The zero-order valence-corrected chi connectivity index (χ0v) is 15.6. The molecule has 0 saturated carbocycles. The Labute approximate surface area is 165 Å². The van der Waals surface area contributed by atoms with Gasteiger partial charge >= 0.3 is 5.97 Å². The van der Waals surface area contributed by atoms with Gasteiger partial charge in [-0.3, -0.25) is 0 Å². The zero-order valence-electron chi connectivity index (χ0n) is 14.1. The molecule has 0 fully saturated rings. The molecule has 2 N–H and O–H groups in total. The lowest BCUT2D eigenvalue weighted by atomic mass is 10.2. The van der Waals surface area contributed by atoms with Crippen LogP contribution >= 0.6 is 23.2 Å². The number of carbonyl (C=O) groups is 1. The average Bonchev–Trinajstić information content (AvgIpc) is 2.97. The molecule has 136 valence electrons.